The highest BCUT2D eigenvalue weighted by Gasteiger charge is 2.29. The molecule has 1 aliphatic carbocycles. The fourth-order valence-corrected chi connectivity index (χ4v) is 2.70. The molecule has 2 aromatic rings. The summed E-state index contributed by atoms with van der Waals surface area (Å²) in [6.45, 7) is 3.99. The smallest absolute Gasteiger partial charge is 0.167 e. The predicted octanol–water partition coefficient (Wildman–Crippen LogP) is 2.94. The van der Waals surface area contributed by atoms with Crippen molar-refractivity contribution in [3.8, 4) is 0 Å². The molecule has 0 aliphatic heterocycles. The van der Waals surface area contributed by atoms with E-state index in [0.29, 0.717) is 6.42 Å². The Balaban J connectivity index is 1.94. The first kappa shape index (κ1) is 11.2. The van der Waals surface area contributed by atoms with Gasteiger partial charge in [-0.05, 0) is 31.7 Å². The minimum absolute atomic E-state index is 0.216. The number of aryl methyl sites for hydroxylation is 2. The van der Waals surface area contributed by atoms with Crippen molar-refractivity contribution >= 4 is 5.78 Å². The highest BCUT2D eigenvalue weighted by molar-refractivity contribution is 5.99. The number of aromatic amines is 1. The van der Waals surface area contributed by atoms with Crippen LogP contribution in [0.2, 0.25) is 0 Å². The van der Waals surface area contributed by atoms with Crippen molar-refractivity contribution in [1.29, 1.82) is 0 Å². The number of H-pyrrole nitrogens is 1. The molecular weight excluding hydrogens is 224 g/mol. The van der Waals surface area contributed by atoms with Gasteiger partial charge in [-0.3, -0.25) is 9.89 Å². The summed E-state index contributed by atoms with van der Waals surface area (Å²) in [5.74, 6) is 0.487. The normalized spacial score (nSPS) is 18.8. The third kappa shape index (κ3) is 1.76. The Kier molecular flexibility index (Phi) is 2.54. The number of carbonyl (C=O) groups is 1. The topological polar surface area (TPSA) is 45.8 Å². The summed E-state index contributed by atoms with van der Waals surface area (Å²) in [5.41, 5.74) is 5.13. The van der Waals surface area contributed by atoms with E-state index in [4.69, 9.17) is 0 Å². The molecule has 92 valence electrons. The minimum Gasteiger partial charge on any atom is -0.294 e. The molecule has 0 radical (unpaired) electrons. The van der Waals surface area contributed by atoms with Gasteiger partial charge in [0.2, 0.25) is 0 Å². The summed E-state index contributed by atoms with van der Waals surface area (Å²) in [5, 5.41) is 7.17. The zero-order valence-electron chi connectivity index (χ0n) is 10.7. The van der Waals surface area contributed by atoms with Gasteiger partial charge in [0.15, 0.2) is 5.78 Å². The Morgan fingerprint density at radius 1 is 1.17 bits per heavy atom. The first-order valence-corrected chi connectivity index (χ1v) is 6.28. The van der Waals surface area contributed by atoms with Crippen molar-refractivity contribution in [2.45, 2.75) is 32.6 Å². The number of nitrogens with zero attached hydrogens (tertiary/aromatic N) is 1. The van der Waals surface area contributed by atoms with Gasteiger partial charge in [0.1, 0.15) is 0 Å². The molecule has 3 nitrogen and oxygen atoms in total. The Hall–Kier alpha value is -1.90. The number of ketones is 1. The summed E-state index contributed by atoms with van der Waals surface area (Å²) in [6, 6.07) is 8.45. The van der Waals surface area contributed by atoms with Crippen LogP contribution in [0.3, 0.4) is 0 Å². The summed E-state index contributed by atoms with van der Waals surface area (Å²) in [6.07, 6.45) is 1.45. The van der Waals surface area contributed by atoms with E-state index < -0.39 is 0 Å². The number of nitrogens with one attached hydrogen (secondary N) is 1. The van der Waals surface area contributed by atoms with Gasteiger partial charge in [0.05, 0.1) is 11.3 Å². The quantitative estimate of drug-likeness (QED) is 0.833. The first-order chi connectivity index (χ1) is 8.65. The van der Waals surface area contributed by atoms with Crippen LogP contribution in [0.5, 0.6) is 0 Å². The molecule has 18 heavy (non-hydrogen) atoms. The maximum absolute atomic E-state index is 12.2. The minimum atomic E-state index is 0.216. The Labute approximate surface area is 106 Å². The van der Waals surface area contributed by atoms with Crippen molar-refractivity contribution in [2.75, 3.05) is 0 Å². The summed E-state index contributed by atoms with van der Waals surface area (Å²) < 4.78 is 0. The third-order valence-corrected chi connectivity index (χ3v) is 3.72. The highest BCUT2D eigenvalue weighted by atomic mass is 16.1. The molecule has 0 bridgehead atoms. The van der Waals surface area contributed by atoms with Gasteiger partial charge >= 0.3 is 0 Å². The molecule has 1 N–H and O–H groups in total. The van der Waals surface area contributed by atoms with E-state index in [1.54, 1.807) is 0 Å². The van der Waals surface area contributed by atoms with Crippen molar-refractivity contribution < 1.29 is 4.79 Å². The second-order valence-electron chi connectivity index (χ2n) is 5.11. The van der Waals surface area contributed by atoms with Crippen LogP contribution in [0, 0.1) is 13.8 Å². The SMILES string of the molecule is Cc1ccc([C@@H]2CC(=O)c3c(n[nH]c3C)C2)cc1. The number of aromatic nitrogens is 2. The molecule has 0 spiro atoms. The van der Waals surface area contributed by atoms with E-state index in [9.17, 15) is 4.79 Å². The van der Waals surface area contributed by atoms with E-state index >= 15 is 0 Å². The third-order valence-electron chi connectivity index (χ3n) is 3.72. The second-order valence-corrected chi connectivity index (χ2v) is 5.11. The molecule has 1 aromatic carbocycles. The number of carbonyl (C=O) groups excluding carboxylic acids is 1. The number of hydrogen-bond acceptors (Lipinski definition) is 2. The van der Waals surface area contributed by atoms with E-state index in [1.807, 2.05) is 6.92 Å². The first-order valence-electron chi connectivity index (χ1n) is 6.28. The molecule has 1 heterocycles. The summed E-state index contributed by atoms with van der Waals surface area (Å²) >= 11 is 0. The standard InChI is InChI=1S/C15H16N2O/c1-9-3-5-11(6-4-9)12-7-13-15(14(18)8-12)10(2)16-17-13/h3-6,12H,7-8H2,1-2H3,(H,16,17)/t12-/m0/s1. The highest BCUT2D eigenvalue weighted by Crippen LogP contribution is 2.32. The fourth-order valence-electron chi connectivity index (χ4n) is 2.70. The number of rotatable bonds is 1. The van der Waals surface area contributed by atoms with E-state index in [0.717, 1.165) is 23.4 Å². The van der Waals surface area contributed by atoms with Crippen molar-refractivity contribution in [3.63, 3.8) is 0 Å². The Morgan fingerprint density at radius 3 is 2.61 bits per heavy atom. The maximum Gasteiger partial charge on any atom is 0.167 e. The lowest BCUT2D eigenvalue weighted by Crippen LogP contribution is -2.18. The predicted molar refractivity (Wildman–Crippen MR) is 69.9 cm³/mol. The van der Waals surface area contributed by atoms with Crippen molar-refractivity contribution in [3.05, 3.63) is 52.3 Å². The Bertz CT molecular complexity index is 595. The molecule has 3 heteroatoms. The Morgan fingerprint density at radius 2 is 1.89 bits per heavy atom. The van der Waals surface area contributed by atoms with Gasteiger partial charge < -0.3 is 0 Å². The molecule has 1 aliphatic rings. The van der Waals surface area contributed by atoms with Crippen LogP contribution in [-0.4, -0.2) is 16.0 Å². The van der Waals surface area contributed by atoms with Gasteiger partial charge in [0.25, 0.3) is 0 Å². The van der Waals surface area contributed by atoms with E-state index in [-0.39, 0.29) is 11.7 Å². The van der Waals surface area contributed by atoms with Crippen molar-refractivity contribution in [1.82, 2.24) is 10.2 Å². The number of benzene rings is 1. The molecule has 1 aromatic heterocycles. The van der Waals surface area contributed by atoms with Crippen molar-refractivity contribution in [2.24, 2.45) is 0 Å². The van der Waals surface area contributed by atoms with Crippen LogP contribution in [0.4, 0.5) is 0 Å². The number of Topliss-reactive ketones (excluding diaryl/α,β-unsaturated/α-hetero) is 1. The monoisotopic (exact) mass is 240 g/mol. The summed E-state index contributed by atoms with van der Waals surface area (Å²) in [7, 11) is 0. The molecule has 0 saturated carbocycles. The van der Waals surface area contributed by atoms with Gasteiger partial charge in [0, 0.05) is 12.1 Å². The van der Waals surface area contributed by atoms with E-state index in [2.05, 4.69) is 41.4 Å². The van der Waals surface area contributed by atoms with Crippen LogP contribution in [0.25, 0.3) is 0 Å². The van der Waals surface area contributed by atoms with Crippen LogP contribution in [0.15, 0.2) is 24.3 Å². The van der Waals surface area contributed by atoms with E-state index in [1.165, 1.54) is 11.1 Å². The largest absolute Gasteiger partial charge is 0.294 e. The van der Waals surface area contributed by atoms with Crippen LogP contribution < -0.4 is 0 Å². The molecule has 0 saturated heterocycles. The average molecular weight is 240 g/mol. The molecule has 1 atom stereocenters. The van der Waals surface area contributed by atoms with Crippen LogP contribution >= 0.6 is 0 Å². The summed E-state index contributed by atoms with van der Waals surface area (Å²) in [4.78, 5) is 12.2. The lowest BCUT2D eigenvalue weighted by atomic mass is 9.81. The van der Waals surface area contributed by atoms with Gasteiger partial charge in [-0.25, -0.2) is 0 Å². The molecular formula is C15H16N2O. The lowest BCUT2D eigenvalue weighted by molar-refractivity contribution is 0.0963. The van der Waals surface area contributed by atoms with Gasteiger partial charge in [-0.15, -0.1) is 0 Å². The van der Waals surface area contributed by atoms with Gasteiger partial charge in [-0.1, -0.05) is 29.8 Å². The molecule has 0 unspecified atom stereocenters. The fraction of sp³-hybridized carbons (Fsp3) is 0.333. The van der Waals surface area contributed by atoms with Gasteiger partial charge in [-0.2, -0.15) is 5.10 Å². The van der Waals surface area contributed by atoms with Crippen LogP contribution in [0.1, 0.15) is 45.2 Å². The van der Waals surface area contributed by atoms with Crippen LogP contribution in [-0.2, 0) is 6.42 Å². The average Bonchev–Trinajstić information content (AvgIpc) is 2.72. The number of fused-ring (bicyclic) bond motifs is 1. The zero-order valence-corrected chi connectivity index (χ0v) is 10.7. The molecule has 0 amide bonds. The zero-order chi connectivity index (χ0) is 12.7. The number of hydrogen-bond donors (Lipinski definition) is 1. The molecule has 0 fully saturated rings. The lowest BCUT2D eigenvalue weighted by Gasteiger charge is -2.21. The molecule has 3 rings (SSSR count). The maximum atomic E-state index is 12.2. The second kappa shape index (κ2) is 4.09.